The molecule has 0 bridgehead atoms. The largest absolute Gasteiger partial charge is 0.471 e. The summed E-state index contributed by atoms with van der Waals surface area (Å²) in [6.45, 7) is 0.444. The van der Waals surface area contributed by atoms with Gasteiger partial charge in [0.2, 0.25) is 0 Å². The number of ether oxygens (including phenoxy) is 1. The summed E-state index contributed by atoms with van der Waals surface area (Å²) < 4.78 is 44.5. The molecule has 0 aromatic heterocycles. The van der Waals surface area contributed by atoms with Crippen LogP contribution in [-0.4, -0.2) is 35.7 Å². The van der Waals surface area contributed by atoms with E-state index in [-0.39, 0.29) is 6.61 Å². The van der Waals surface area contributed by atoms with Gasteiger partial charge in [-0.25, -0.2) is 0 Å². The fourth-order valence-electron chi connectivity index (χ4n) is 3.56. The second-order valence-electron chi connectivity index (χ2n) is 6.29. The van der Waals surface area contributed by atoms with Crippen LogP contribution in [0.1, 0.15) is 31.2 Å². The second-order valence-corrected chi connectivity index (χ2v) is 6.29. The maximum atomic E-state index is 13.0. The molecule has 0 unspecified atom stereocenters. The number of halogens is 3. The topological polar surface area (TPSA) is 29.5 Å². The third-order valence-electron chi connectivity index (χ3n) is 4.62. The number of likely N-dealkylation sites (tertiary alicyclic amines) is 1. The molecule has 130 valence electrons. The lowest BCUT2D eigenvalue weighted by atomic mass is 9.94. The van der Waals surface area contributed by atoms with Gasteiger partial charge in [0.1, 0.15) is 0 Å². The van der Waals surface area contributed by atoms with Crippen LogP contribution in [0.5, 0.6) is 0 Å². The van der Waals surface area contributed by atoms with Crippen LogP contribution in [0.25, 0.3) is 0 Å². The standard InChI is InChI=1S/C18H20F3NO2/c19-18(20,21)17(23)22-15(10-14-8-4-5-9-16(14)22)12-24-11-13-6-2-1-3-7-13/h1-3,6-8,15-16H,4-5,9-12H2/t15-,16-/m0/s1. The first-order valence-electron chi connectivity index (χ1n) is 8.17. The number of hydrogen-bond acceptors (Lipinski definition) is 2. The Morgan fingerprint density at radius 3 is 2.71 bits per heavy atom. The summed E-state index contributed by atoms with van der Waals surface area (Å²) in [5.74, 6) is -1.74. The van der Waals surface area contributed by atoms with Crippen LogP contribution in [0.2, 0.25) is 0 Å². The average molecular weight is 339 g/mol. The molecular formula is C18H20F3NO2. The van der Waals surface area contributed by atoms with Gasteiger partial charge in [-0.1, -0.05) is 36.4 Å². The van der Waals surface area contributed by atoms with Crippen molar-refractivity contribution in [2.24, 2.45) is 0 Å². The highest BCUT2D eigenvalue weighted by atomic mass is 19.4. The maximum Gasteiger partial charge on any atom is 0.471 e. The fraction of sp³-hybridized carbons (Fsp3) is 0.500. The molecule has 1 fully saturated rings. The van der Waals surface area contributed by atoms with Gasteiger partial charge >= 0.3 is 12.1 Å². The summed E-state index contributed by atoms with van der Waals surface area (Å²) in [6.07, 6.45) is -0.0957. The van der Waals surface area contributed by atoms with E-state index in [2.05, 4.69) is 0 Å². The normalized spacial score (nSPS) is 23.8. The number of rotatable bonds is 4. The van der Waals surface area contributed by atoms with Crippen LogP contribution in [0.4, 0.5) is 13.2 Å². The monoisotopic (exact) mass is 339 g/mol. The Morgan fingerprint density at radius 2 is 2.00 bits per heavy atom. The molecule has 2 atom stereocenters. The number of alkyl halides is 3. The van der Waals surface area contributed by atoms with Crippen molar-refractivity contribution in [1.29, 1.82) is 0 Å². The number of allylic oxidation sites excluding steroid dienone is 1. The van der Waals surface area contributed by atoms with E-state index in [1.807, 2.05) is 36.4 Å². The minimum Gasteiger partial charge on any atom is -0.375 e. The lowest BCUT2D eigenvalue weighted by Gasteiger charge is -2.32. The smallest absolute Gasteiger partial charge is 0.375 e. The number of benzene rings is 1. The third-order valence-corrected chi connectivity index (χ3v) is 4.62. The van der Waals surface area contributed by atoms with E-state index in [0.717, 1.165) is 28.9 Å². The molecule has 1 amide bonds. The lowest BCUT2D eigenvalue weighted by Crippen LogP contribution is -2.49. The molecule has 0 N–H and O–H groups in total. The van der Waals surface area contributed by atoms with Crippen molar-refractivity contribution in [3.05, 3.63) is 47.5 Å². The Morgan fingerprint density at radius 1 is 1.25 bits per heavy atom. The van der Waals surface area contributed by atoms with Crippen molar-refractivity contribution in [2.45, 2.75) is 50.6 Å². The number of carbonyl (C=O) groups is 1. The number of amides is 1. The zero-order valence-corrected chi connectivity index (χ0v) is 13.3. The number of nitrogens with zero attached hydrogens (tertiary/aromatic N) is 1. The van der Waals surface area contributed by atoms with Crippen LogP contribution in [0, 0.1) is 0 Å². The molecule has 6 heteroatoms. The summed E-state index contributed by atoms with van der Waals surface area (Å²) in [6, 6.07) is 8.49. The van der Waals surface area contributed by atoms with E-state index in [4.69, 9.17) is 4.74 Å². The van der Waals surface area contributed by atoms with Gasteiger partial charge in [0, 0.05) is 0 Å². The number of fused-ring (bicyclic) bond motifs is 1. The zero-order valence-electron chi connectivity index (χ0n) is 13.3. The fourth-order valence-corrected chi connectivity index (χ4v) is 3.56. The molecule has 1 aliphatic carbocycles. The molecule has 1 heterocycles. The Bertz CT molecular complexity index is 612. The van der Waals surface area contributed by atoms with E-state index < -0.39 is 24.2 Å². The molecule has 3 rings (SSSR count). The molecule has 3 nitrogen and oxygen atoms in total. The van der Waals surface area contributed by atoms with E-state index in [1.165, 1.54) is 0 Å². The molecular weight excluding hydrogens is 319 g/mol. The Labute approximate surface area is 139 Å². The van der Waals surface area contributed by atoms with E-state index in [1.54, 1.807) is 0 Å². The first-order valence-corrected chi connectivity index (χ1v) is 8.17. The third kappa shape index (κ3) is 3.64. The van der Waals surface area contributed by atoms with Crippen LogP contribution in [0.15, 0.2) is 42.0 Å². The second kappa shape index (κ2) is 6.97. The first kappa shape index (κ1) is 17.0. The van der Waals surface area contributed by atoms with Crippen molar-refractivity contribution in [1.82, 2.24) is 4.90 Å². The molecule has 1 aromatic carbocycles. The predicted molar refractivity (Wildman–Crippen MR) is 83.1 cm³/mol. The lowest BCUT2D eigenvalue weighted by molar-refractivity contribution is -0.189. The molecule has 1 aromatic rings. The zero-order chi connectivity index (χ0) is 17.2. The minimum absolute atomic E-state index is 0.116. The minimum atomic E-state index is -4.84. The van der Waals surface area contributed by atoms with Crippen molar-refractivity contribution in [3.63, 3.8) is 0 Å². The average Bonchev–Trinajstić information content (AvgIpc) is 2.92. The van der Waals surface area contributed by atoms with Gasteiger partial charge in [-0.2, -0.15) is 13.2 Å². The van der Waals surface area contributed by atoms with Gasteiger partial charge in [-0.3, -0.25) is 4.79 Å². The first-order chi connectivity index (χ1) is 11.5. The van der Waals surface area contributed by atoms with Crippen LogP contribution < -0.4 is 0 Å². The molecule has 1 aliphatic heterocycles. The quantitative estimate of drug-likeness (QED) is 0.780. The summed E-state index contributed by atoms with van der Waals surface area (Å²) in [5, 5.41) is 0. The highest BCUT2D eigenvalue weighted by molar-refractivity contribution is 5.83. The Hall–Kier alpha value is -1.82. The Kier molecular flexibility index (Phi) is 4.94. The van der Waals surface area contributed by atoms with Gasteiger partial charge in [0.05, 0.1) is 25.3 Å². The number of carbonyl (C=O) groups excluding carboxylic acids is 1. The molecule has 0 radical (unpaired) electrons. The van der Waals surface area contributed by atoms with Gasteiger partial charge in [0.25, 0.3) is 0 Å². The SMILES string of the molecule is O=C(N1[C@H](COCc2ccccc2)CC2=CCCC[C@@H]21)C(F)(F)F. The molecule has 1 saturated heterocycles. The van der Waals surface area contributed by atoms with E-state index in [0.29, 0.717) is 19.4 Å². The summed E-state index contributed by atoms with van der Waals surface area (Å²) in [5.41, 5.74) is 1.91. The molecule has 0 saturated carbocycles. The summed E-state index contributed by atoms with van der Waals surface area (Å²) >= 11 is 0. The van der Waals surface area contributed by atoms with Crippen molar-refractivity contribution in [2.75, 3.05) is 6.61 Å². The summed E-state index contributed by atoms with van der Waals surface area (Å²) in [4.78, 5) is 12.9. The van der Waals surface area contributed by atoms with E-state index in [9.17, 15) is 18.0 Å². The molecule has 0 spiro atoms. The highest BCUT2D eigenvalue weighted by Crippen LogP contribution is 2.38. The molecule has 2 aliphatic rings. The van der Waals surface area contributed by atoms with Crippen LogP contribution in [-0.2, 0) is 16.1 Å². The summed E-state index contributed by atoms with van der Waals surface area (Å²) in [7, 11) is 0. The van der Waals surface area contributed by atoms with Crippen LogP contribution >= 0.6 is 0 Å². The number of hydrogen-bond donors (Lipinski definition) is 0. The van der Waals surface area contributed by atoms with Gasteiger partial charge in [-0.15, -0.1) is 0 Å². The van der Waals surface area contributed by atoms with Gasteiger partial charge < -0.3 is 9.64 Å². The van der Waals surface area contributed by atoms with Gasteiger partial charge in [-0.05, 0) is 36.8 Å². The highest BCUT2D eigenvalue weighted by Gasteiger charge is 2.50. The van der Waals surface area contributed by atoms with Crippen LogP contribution in [0.3, 0.4) is 0 Å². The predicted octanol–water partition coefficient (Wildman–Crippen LogP) is 3.85. The van der Waals surface area contributed by atoms with E-state index >= 15 is 0 Å². The van der Waals surface area contributed by atoms with Gasteiger partial charge in [0.15, 0.2) is 0 Å². The van der Waals surface area contributed by atoms with Crippen molar-refractivity contribution in [3.8, 4) is 0 Å². The van der Waals surface area contributed by atoms with Crippen molar-refractivity contribution < 1.29 is 22.7 Å². The molecule has 24 heavy (non-hydrogen) atoms. The Balaban J connectivity index is 1.69. The maximum absolute atomic E-state index is 13.0. The van der Waals surface area contributed by atoms with Crippen molar-refractivity contribution >= 4 is 5.91 Å².